The molecule has 0 bridgehead atoms. The van der Waals surface area contributed by atoms with Crippen LogP contribution in [0.25, 0.3) is 0 Å². The molecule has 0 aromatic heterocycles. The summed E-state index contributed by atoms with van der Waals surface area (Å²) in [6.45, 7) is 3.09. The van der Waals surface area contributed by atoms with Crippen molar-refractivity contribution >= 4 is 17.8 Å². The molecule has 124 valence electrons. The molecule has 9 heteroatoms. The molecular weight excluding hydrogens is 315 g/mol. The Bertz CT molecular complexity index is 655. The van der Waals surface area contributed by atoms with Crippen LogP contribution < -0.4 is 10.6 Å². The number of hydrogen-bond donors (Lipinski definition) is 2. The molecule has 2 rings (SSSR count). The standard InChI is InChI=1S/C14H14F3N3O3/c1-3-23-12(22)20-13(14(15,16)17)11(21)18-10(19-13)9-6-4-8(2)5-7-9/h4-7H,3H2,1-2H3,(H,20,22)(H,18,19,21)/t13-/m1/s1. The van der Waals surface area contributed by atoms with Crippen LogP contribution in [0.3, 0.4) is 0 Å². The van der Waals surface area contributed by atoms with Crippen molar-refractivity contribution in [3.63, 3.8) is 0 Å². The number of carbonyl (C=O) groups is 2. The van der Waals surface area contributed by atoms with Gasteiger partial charge in [-0.25, -0.2) is 9.79 Å². The molecule has 0 radical (unpaired) electrons. The van der Waals surface area contributed by atoms with Crippen molar-refractivity contribution in [3.05, 3.63) is 35.4 Å². The highest BCUT2D eigenvalue weighted by Gasteiger charge is 2.65. The molecule has 1 atom stereocenters. The summed E-state index contributed by atoms with van der Waals surface area (Å²) in [5.74, 6) is -1.77. The van der Waals surface area contributed by atoms with Gasteiger partial charge in [0.2, 0.25) is 0 Å². The molecule has 0 saturated heterocycles. The number of aliphatic imine (C=N–C) groups is 1. The third-order valence-electron chi connectivity index (χ3n) is 3.13. The van der Waals surface area contributed by atoms with Crippen LogP contribution in [0.1, 0.15) is 18.1 Å². The Hall–Kier alpha value is -2.58. The number of alkyl carbamates (subject to hydrolysis) is 1. The zero-order valence-electron chi connectivity index (χ0n) is 12.3. The van der Waals surface area contributed by atoms with Gasteiger partial charge in [-0.2, -0.15) is 13.2 Å². The molecule has 6 nitrogen and oxygen atoms in total. The van der Waals surface area contributed by atoms with Crippen LogP contribution in [0.15, 0.2) is 29.3 Å². The maximum Gasteiger partial charge on any atom is 0.442 e. The SMILES string of the molecule is CCOC(=O)N[C@]1(C(F)(F)F)N=C(c2ccc(C)cc2)NC1=O. The summed E-state index contributed by atoms with van der Waals surface area (Å²) in [5.41, 5.74) is -2.22. The van der Waals surface area contributed by atoms with Crippen LogP contribution in [-0.2, 0) is 9.53 Å². The second-order valence-electron chi connectivity index (χ2n) is 4.83. The van der Waals surface area contributed by atoms with Gasteiger partial charge in [-0.15, -0.1) is 0 Å². The van der Waals surface area contributed by atoms with Gasteiger partial charge in [0.25, 0.3) is 5.91 Å². The molecule has 2 N–H and O–H groups in total. The van der Waals surface area contributed by atoms with Crippen molar-refractivity contribution in [2.45, 2.75) is 25.7 Å². The van der Waals surface area contributed by atoms with Gasteiger partial charge in [0.1, 0.15) is 5.84 Å². The lowest BCUT2D eigenvalue weighted by Gasteiger charge is -2.26. The summed E-state index contributed by atoms with van der Waals surface area (Å²) in [5, 5.41) is 3.56. The summed E-state index contributed by atoms with van der Waals surface area (Å²) >= 11 is 0. The smallest absolute Gasteiger partial charge is 0.442 e. The van der Waals surface area contributed by atoms with E-state index in [-0.39, 0.29) is 12.4 Å². The summed E-state index contributed by atoms with van der Waals surface area (Å²) in [4.78, 5) is 26.7. The topological polar surface area (TPSA) is 79.8 Å². The maximum absolute atomic E-state index is 13.4. The van der Waals surface area contributed by atoms with Crippen molar-refractivity contribution in [1.29, 1.82) is 0 Å². The van der Waals surface area contributed by atoms with E-state index >= 15 is 0 Å². The van der Waals surface area contributed by atoms with E-state index in [1.54, 1.807) is 19.1 Å². The molecule has 0 spiro atoms. The lowest BCUT2D eigenvalue weighted by Crippen LogP contribution is -2.63. The van der Waals surface area contributed by atoms with Crippen LogP contribution in [-0.4, -0.2) is 36.3 Å². The maximum atomic E-state index is 13.4. The minimum Gasteiger partial charge on any atom is -0.450 e. The number of amides is 2. The first-order chi connectivity index (χ1) is 10.7. The molecule has 1 aliphatic heterocycles. The molecule has 1 heterocycles. The van der Waals surface area contributed by atoms with Crippen LogP contribution >= 0.6 is 0 Å². The van der Waals surface area contributed by atoms with Crippen LogP contribution in [0.2, 0.25) is 0 Å². The number of nitrogens with one attached hydrogen (secondary N) is 2. The number of carbonyl (C=O) groups excluding carboxylic acids is 2. The molecule has 1 aromatic rings. The molecule has 1 aromatic carbocycles. The average molecular weight is 329 g/mol. The highest BCUT2D eigenvalue weighted by molar-refractivity contribution is 6.16. The number of amidine groups is 1. The highest BCUT2D eigenvalue weighted by atomic mass is 19.4. The van der Waals surface area contributed by atoms with Crippen LogP contribution in [0, 0.1) is 6.92 Å². The summed E-state index contributed by atoms with van der Waals surface area (Å²) in [6, 6.07) is 6.36. The second-order valence-corrected chi connectivity index (χ2v) is 4.83. The second kappa shape index (κ2) is 5.90. The van der Waals surface area contributed by atoms with Gasteiger partial charge in [0, 0.05) is 5.56 Å². The molecule has 0 fully saturated rings. The Morgan fingerprint density at radius 1 is 1.35 bits per heavy atom. The first-order valence-corrected chi connectivity index (χ1v) is 6.69. The van der Waals surface area contributed by atoms with E-state index in [0.29, 0.717) is 5.56 Å². The first kappa shape index (κ1) is 16.8. The zero-order chi connectivity index (χ0) is 17.3. The van der Waals surface area contributed by atoms with E-state index in [0.717, 1.165) is 5.56 Å². The van der Waals surface area contributed by atoms with Gasteiger partial charge in [-0.1, -0.05) is 29.8 Å². The average Bonchev–Trinajstić information content (AvgIpc) is 2.78. The van der Waals surface area contributed by atoms with E-state index in [9.17, 15) is 22.8 Å². The fourth-order valence-electron chi connectivity index (χ4n) is 1.96. The molecule has 0 saturated carbocycles. The fraction of sp³-hybridized carbons (Fsp3) is 0.357. The summed E-state index contributed by atoms with van der Waals surface area (Å²) in [6.07, 6.45) is -6.51. The van der Waals surface area contributed by atoms with Gasteiger partial charge in [-0.3, -0.25) is 10.1 Å². The van der Waals surface area contributed by atoms with Crippen LogP contribution in [0.4, 0.5) is 18.0 Å². The van der Waals surface area contributed by atoms with E-state index in [2.05, 4.69) is 15.0 Å². The Morgan fingerprint density at radius 2 is 1.96 bits per heavy atom. The van der Waals surface area contributed by atoms with Crippen molar-refractivity contribution in [2.24, 2.45) is 4.99 Å². The zero-order valence-corrected chi connectivity index (χ0v) is 12.3. The van der Waals surface area contributed by atoms with E-state index < -0.39 is 23.8 Å². The van der Waals surface area contributed by atoms with Gasteiger partial charge in [-0.05, 0) is 13.8 Å². The Balaban J connectivity index is 2.43. The van der Waals surface area contributed by atoms with Gasteiger partial charge in [0.05, 0.1) is 6.61 Å². The minimum atomic E-state index is -5.13. The predicted octanol–water partition coefficient (Wildman–Crippen LogP) is 1.88. The Kier molecular flexibility index (Phi) is 4.31. The third kappa shape index (κ3) is 3.13. The number of rotatable bonds is 3. The number of nitrogens with zero attached hydrogens (tertiary/aromatic N) is 1. The number of hydrogen-bond acceptors (Lipinski definition) is 4. The predicted molar refractivity (Wildman–Crippen MR) is 74.8 cm³/mol. The molecule has 0 unspecified atom stereocenters. The van der Waals surface area contributed by atoms with Crippen molar-refractivity contribution in [2.75, 3.05) is 6.61 Å². The lowest BCUT2D eigenvalue weighted by molar-refractivity contribution is -0.193. The molecule has 1 aliphatic rings. The summed E-state index contributed by atoms with van der Waals surface area (Å²) < 4.78 is 44.6. The minimum absolute atomic E-state index is 0.143. The number of aryl methyl sites for hydroxylation is 1. The molecular formula is C14H14F3N3O3. The molecule has 0 aliphatic carbocycles. The molecule has 2 amide bonds. The quantitative estimate of drug-likeness (QED) is 0.888. The Labute approximate surface area is 129 Å². The van der Waals surface area contributed by atoms with Crippen molar-refractivity contribution in [1.82, 2.24) is 10.6 Å². The normalized spacial score (nSPS) is 20.7. The fourth-order valence-corrected chi connectivity index (χ4v) is 1.96. The van der Waals surface area contributed by atoms with Gasteiger partial charge >= 0.3 is 17.9 Å². The van der Waals surface area contributed by atoms with Gasteiger partial charge in [0.15, 0.2) is 0 Å². The number of halogens is 3. The van der Waals surface area contributed by atoms with Crippen molar-refractivity contribution in [3.8, 4) is 0 Å². The highest BCUT2D eigenvalue weighted by Crippen LogP contribution is 2.35. The third-order valence-corrected chi connectivity index (χ3v) is 3.13. The van der Waals surface area contributed by atoms with Crippen LogP contribution in [0.5, 0.6) is 0 Å². The first-order valence-electron chi connectivity index (χ1n) is 6.69. The van der Waals surface area contributed by atoms with E-state index in [1.807, 2.05) is 0 Å². The molecule has 23 heavy (non-hydrogen) atoms. The number of alkyl halides is 3. The van der Waals surface area contributed by atoms with Gasteiger partial charge < -0.3 is 10.1 Å². The largest absolute Gasteiger partial charge is 0.450 e. The number of ether oxygens (including phenoxy) is 1. The monoisotopic (exact) mass is 329 g/mol. The number of benzene rings is 1. The van der Waals surface area contributed by atoms with E-state index in [4.69, 9.17) is 0 Å². The summed E-state index contributed by atoms with van der Waals surface area (Å²) in [7, 11) is 0. The lowest BCUT2D eigenvalue weighted by atomic mass is 10.1. The van der Waals surface area contributed by atoms with Crippen molar-refractivity contribution < 1.29 is 27.5 Å². The van der Waals surface area contributed by atoms with E-state index in [1.165, 1.54) is 24.4 Å². The Morgan fingerprint density at radius 3 is 2.48 bits per heavy atom.